The molecule has 0 unspecified atom stereocenters. The van der Waals surface area contributed by atoms with Gasteiger partial charge in [-0.15, -0.1) is 0 Å². The van der Waals surface area contributed by atoms with E-state index in [0.29, 0.717) is 28.1 Å². The van der Waals surface area contributed by atoms with Crippen molar-refractivity contribution in [2.45, 2.75) is 6.92 Å². The molecule has 0 aliphatic rings. The molecule has 0 radical (unpaired) electrons. The quantitative estimate of drug-likeness (QED) is 0.579. The Morgan fingerprint density at radius 1 is 1.07 bits per heavy atom. The van der Waals surface area contributed by atoms with Gasteiger partial charge in [-0.1, -0.05) is 12.1 Å². The van der Waals surface area contributed by atoms with Crippen LogP contribution in [0.15, 0.2) is 48.5 Å². The smallest absolute Gasteiger partial charge is 0.216 e. The van der Waals surface area contributed by atoms with Crippen LogP contribution in [0.3, 0.4) is 0 Å². The van der Waals surface area contributed by atoms with Crippen molar-refractivity contribution < 1.29 is 13.9 Å². The van der Waals surface area contributed by atoms with E-state index in [1.165, 1.54) is 16.6 Å². The molecule has 27 heavy (non-hydrogen) atoms. The van der Waals surface area contributed by atoms with Gasteiger partial charge >= 0.3 is 0 Å². The number of aryl methyl sites for hydroxylation is 1. The van der Waals surface area contributed by atoms with E-state index in [2.05, 4.69) is 10.1 Å². The van der Waals surface area contributed by atoms with Gasteiger partial charge in [0.15, 0.2) is 5.65 Å². The molecule has 0 aliphatic heterocycles. The Kier molecular flexibility index (Phi) is 3.81. The first-order valence-corrected chi connectivity index (χ1v) is 8.03. The Hall–Kier alpha value is -3.79. The van der Waals surface area contributed by atoms with E-state index < -0.39 is 11.6 Å². The summed E-state index contributed by atoms with van der Waals surface area (Å²) in [4.78, 5) is 4.52. The first-order chi connectivity index (χ1) is 13.0. The van der Waals surface area contributed by atoms with Gasteiger partial charge in [0.05, 0.1) is 28.6 Å². The molecular weight excluding hydrogens is 350 g/mol. The second kappa shape index (κ2) is 6.18. The first-order valence-electron chi connectivity index (χ1n) is 8.03. The lowest BCUT2D eigenvalue weighted by Crippen LogP contribution is -1.95. The summed E-state index contributed by atoms with van der Waals surface area (Å²) in [6, 6.07) is 13.4. The Morgan fingerprint density at radius 3 is 2.48 bits per heavy atom. The third kappa shape index (κ3) is 2.77. The lowest BCUT2D eigenvalue weighted by atomic mass is 10.0. The number of benzene rings is 2. The minimum atomic E-state index is -0.738. The fraction of sp³-hybridized carbons (Fsp3) is 0.0500. The zero-order chi connectivity index (χ0) is 19.1. The fourth-order valence-corrected chi connectivity index (χ4v) is 2.98. The van der Waals surface area contributed by atoms with E-state index in [1.54, 1.807) is 31.2 Å². The highest BCUT2D eigenvalue weighted by atomic mass is 19.1. The molecule has 0 aliphatic carbocycles. The molecule has 132 valence electrons. The van der Waals surface area contributed by atoms with E-state index in [0.717, 1.165) is 12.1 Å². The SMILES string of the molecule is Cc1nn2c(O)cc(-c3ccc(C#N)cc3)nc2c1-c1ccc(F)cc1F. The van der Waals surface area contributed by atoms with Gasteiger partial charge in [0.25, 0.3) is 0 Å². The van der Waals surface area contributed by atoms with Gasteiger partial charge < -0.3 is 5.11 Å². The van der Waals surface area contributed by atoms with Crippen molar-refractivity contribution in [3.05, 3.63) is 71.4 Å². The number of nitrogens with zero attached hydrogens (tertiary/aromatic N) is 4. The molecule has 0 saturated heterocycles. The van der Waals surface area contributed by atoms with Crippen LogP contribution in [-0.2, 0) is 0 Å². The van der Waals surface area contributed by atoms with E-state index in [9.17, 15) is 13.9 Å². The van der Waals surface area contributed by atoms with Crippen LogP contribution in [0.4, 0.5) is 8.78 Å². The second-order valence-corrected chi connectivity index (χ2v) is 6.01. The van der Waals surface area contributed by atoms with Crippen LogP contribution in [0.1, 0.15) is 11.3 Å². The lowest BCUT2D eigenvalue weighted by Gasteiger charge is -2.06. The highest BCUT2D eigenvalue weighted by molar-refractivity contribution is 5.82. The molecule has 2 heterocycles. The third-order valence-corrected chi connectivity index (χ3v) is 4.26. The fourth-order valence-electron chi connectivity index (χ4n) is 2.98. The molecule has 2 aromatic heterocycles. The van der Waals surface area contributed by atoms with Gasteiger partial charge in [-0.3, -0.25) is 0 Å². The molecular formula is C20H12F2N4O. The lowest BCUT2D eigenvalue weighted by molar-refractivity contribution is 0.435. The number of aromatic hydroxyl groups is 1. The van der Waals surface area contributed by atoms with E-state index >= 15 is 0 Å². The highest BCUT2D eigenvalue weighted by Crippen LogP contribution is 2.33. The van der Waals surface area contributed by atoms with Crippen LogP contribution >= 0.6 is 0 Å². The summed E-state index contributed by atoms with van der Waals surface area (Å²) in [6.45, 7) is 1.66. The van der Waals surface area contributed by atoms with Crippen molar-refractivity contribution in [3.63, 3.8) is 0 Å². The normalized spacial score (nSPS) is 10.9. The van der Waals surface area contributed by atoms with Gasteiger partial charge in [0.1, 0.15) is 11.6 Å². The van der Waals surface area contributed by atoms with Crippen LogP contribution in [0.5, 0.6) is 5.88 Å². The van der Waals surface area contributed by atoms with Gasteiger partial charge in [-0.2, -0.15) is 14.9 Å². The maximum atomic E-state index is 14.3. The largest absolute Gasteiger partial charge is 0.493 e. The van der Waals surface area contributed by atoms with E-state index in [-0.39, 0.29) is 17.1 Å². The Balaban J connectivity index is 1.96. The van der Waals surface area contributed by atoms with Gasteiger partial charge in [0.2, 0.25) is 5.88 Å². The van der Waals surface area contributed by atoms with Crippen LogP contribution < -0.4 is 0 Å². The molecule has 1 N–H and O–H groups in total. The molecule has 4 rings (SSSR count). The molecule has 2 aromatic carbocycles. The predicted octanol–water partition coefficient (Wildman–Crippen LogP) is 4.23. The van der Waals surface area contributed by atoms with Crippen molar-refractivity contribution in [1.29, 1.82) is 5.26 Å². The Bertz CT molecular complexity index is 1220. The van der Waals surface area contributed by atoms with Crippen molar-refractivity contribution in [1.82, 2.24) is 14.6 Å². The molecule has 0 spiro atoms. The Labute approximate surface area is 152 Å². The number of rotatable bonds is 2. The summed E-state index contributed by atoms with van der Waals surface area (Å²) in [7, 11) is 0. The second-order valence-electron chi connectivity index (χ2n) is 6.01. The van der Waals surface area contributed by atoms with Crippen LogP contribution in [0.25, 0.3) is 28.0 Å². The number of nitriles is 1. The summed E-state index contributed by atoms with van der Waals surface area (Å²) in [5.41, 5.74) is 2.83. The van der Waals surface area contributed by atoms with Crippen molar-refractivity contribution in [3.8, 4) is 34.3 Å². The summed E-state index contributed by atoms with van der Waals surface area (Å²) >= 11 is 0. The van der Waals surface area contributed by atoms with Crippen molar-refractivity contribution in [2.24, 2.45) is 0 Å². The Morgan fingerprint density at radius 2 is 1.81 bits per heavy atom. The third-order valence-electron chi connectivity index (χ3n) is 4.26. The monoisotopic (exact) mass is 362 g/mol. The number of fused-ring (bicyclic) bond motifs is 1. The molecule has 0 amide bonds. The van der Waals surface area contributed by atoms with Crippen molar-refractivity contribution >= 4 is 5.65 Å². The maximum absolute atomic E-state index is 14.3. The number of hydrogen-bond acceptors (Lipinski definition) is 4. The molecule has 0 saturated carbocycles. The highest BCUT2D eigenvalue weighted by Gasteiger charge is 2.19. The zero-order valence-electron chi connectivity index (χ0n) is 14.1. The van der Waals surface area contributed by atoms with Crippen LogP contribution in [-0.4, -0.2) is 19.7 Å². The molecule has 0 fully saturated rings. The molecule has 0 bridgehead atoms. The summed E-state index contributed by atoms with van der Waals surface area (Å²) < 4.78 is 28.8. The molecule has 4 aromatic rings. The van der Waals surface area contributed by atoms with Gasteiger partial charge in [-0.25, -0.2) is 13.8 Å². The average molecular weight is 362 g/mol. The summed E-state index contributed by atoms with van der Waals surface area (Å²) in [5, 5.41) is 23.5. The van der Waals surface area contributed by atoms with Crippen LogP contribution in [0.2, 0.25) is 0 Å². The minimum Gasteiger partial charge on any atom is -0.493 e. The molecule has 7 heteroatoms. The standard InChI is InChI=1S/C20H12F2N4O/c1-11-19(15-7-6-14(21)8-16(15)22)20-24-17(9-18(27)26(20)25-11)13-4-2-12(10-23)3-5-13/h2-9,27H,1H3. The number of halogens is 2. The number of aromatic nitrogens is 3. The topological polar surface area (TPSA) is 74.2 Å². The van der Waals surface area contributed by atoms with Crippen LogP contribution in [0, 0.1) is 29.9 Å². The maximum Gasteiger partial charge on any atom is 0.216 e. The average Bonchev–Trinajstić information content (AvgIpc) is 2.98. The molecule has 5 nitrogen and oxygen atoms in total. The van der Waals surface area contributed by atoms with E-state index in [4.69, 9.17) is 5.26 Å². The summed E-state index contributed by atoms with van der Waals surface area (Å²) in [5.74, 6) is -1.59. The first kappa shape index (κ1) is 16.7. The van der Waals surface area contributed by atoms with E-state index in [1.807, 2.05) is 6.07 Å². The zero-order valence-corrected chi connectivity index (χ0v) is 14.1. The minimum absolute atomic E-state index is 0.146. The number of hydrogen-bond donors (Lipinski definition) is 1. The molecule has 0 atom stereocenters. The predicted molar refractivity (Wildman–Crippen MR) is 94.9 cm³/mol. The van der Waals surface area contributed by atoms with Gasteiger partial charge in [0, 0.05) is 23.3 Å². The van der Waals surface area contributed by atoms with Crippen molar-refractivity contribution in [2.75, 3.05) is 0 Å². The van der Waals surface area contributed by atoms with Gasteiger partial charge in [-0.05, 0) is 31.2 Å². The summed E-state index contributed by atoms with van der Waals surface area (Å²) in [6.07, 6.45) is 0.